The van der Waals surface area contributed by atoms with Crippen molar-refractivity contribution in [2.24, 2.45) is 5.92 Å². The van der Waals surface area contributed by atoms with Gasteiger partial charge in [-0.15, -0.1) is 0 Å². The number of pyridine rings is 1. The number of ether oxygens (including phenoxy) is 3. The highest BCUT2D eigenvalue weighted by Crippen LogP contribution is 2.55. The second-order valence-electron chi connectivity index (χ2n) is 7.84. The molecule has 0 bridgehead atoms. The van der Waals surface area contributed by atoms with Crippen LogP contribution >= 0.6 is 0 Å². The van der Waals surface area contributed by atoms with E-state index in [9.17, 15) is 31.5 Å². The van der Waals surface area contributed by atoms with Crippen LogP contribution in [0.1, 0.15) is 35.7 Å². The van der Waals surface area contributed by atoms with Crippen molar-refractivity contribution in [1.82, 2.24) is 4.98 Å². The number of aromatic nitrogens is 1. The highest BCUT2D eigenvalue weighted by atomic mass is 19.4. The highest BCUT2D eigenvalue weighted by Gasteiger charge is 2.66. The number of anilines is 1. The molecule has 1 fully saturated rings. The second-order valence-corrected chi connectivity index (χ2v) is 7.84. The van der Waals surface area contributed by atoms with E-state index in [1.165, 1.54) is 19.2 Å². The summed E-state index contributed by atoms with van der Waals surface area (Å²) >= 11 is 0. The Labute approximate surface area is 191 Å². The van der Waals surface area contributed by atoms with Gasteiger partial charge in [0.2, 0.25) is 5.82 Å². The number of amides is 1. The Morgan fingerprint density at radius 3 is 2.44 bits per heavy atom. The van der Waals surface area contributed by atoms with Crippen LogP contribution in [0.4, 0.5) is 27.6 Å². The molecule has 1 N–H and O–H groups in total. The van der Waals surface area contributed by atoms with Gasteiger partial charge in [-0.1, -0.05) is 13.0 Å². The molecule has 0 aliphatic carbocycles. The van der Waals surface area contributed by atoms with Crippen molar-refractivity contribution in [3.05, 3.63) is 53.4 Å². The maximum atomic E-state index is 14.4. The molecule has 0 saturated carbocycles. The summed E-state index contributed by atoms with van der Waals surface area (Å²) in [5.74, 6) is -8.01. The SMILES string of the molecule is COC(=O)c1cnccc1NC(=O)[C@@H]1O[C@@](C)(C(F)(F)F)[C@@H](C)[C@H]1c1ccc(F)c(F)c1OC. The summed E-state index contributed by atoms with van der Waals surface area (Å²) < 4.78 is 85.0. The van der Waals surface area contributed by atoms with E-state index in [0.29, 0.717) is 0 Å². The van der Waals surface area contributed by atoms with E-state index in [1.54, 1.807) is 0 Å². The topological polar surface area (TPSA) is 86.8 Å². The Bertz CT molecular complexity index is 1110. The third-order valence-corrected chi connectivity index (χ3v) is 6.05. The Morgan fingerprint density at radius 1 is 1.18 bits per heavy atom. The molecule has 1 aliphatic heterocycles. The molecule has 4 atom stereocenters. The first-order valence-electron chi connectivity index (χ1n) is 9.97. The van der Waals surface area contributed by atoms with Gasteiger partial charge in [0.05, 0.1) is 19.9 Å². The Morgan fingerprint density at radius 2 is 1.85 bits per heavy atom. The first-order valence-corrected chi connectivity index (χ1v) is 9.97. The summed E-state index contributed by atoms with van der Waals surface area (Å²) in [6.07, 6.45) is -4.36. The van der Waals surface area contributed by atoms with Crippen LogP contribution in [0.3, 0.4) is 0 Å². The molecule has 3 rings (SSSR count). The molecule has 2 aromatic rings. The highest BCUT2D eigenvalue weighted by molar-refractivity contribution is 6.02. The molecule has 1 amide bonds. The third-order valence-electron chi connectivity index (χ3n) is 6.05. The Kier molecular flexibility index (Phi) is 6.83. The van der Waals surface area contributed by atoms with Crippen molar-refractivity contribution in [2.75, 3.05) is 19.5 Å². The number of methoxy groups -OCH3 is 2. The number of carbonyl (C=O) groups excluding carboxylic acids is 2. The van der Waals surface area contributed by atoms with Crippen LogP contribution in [0, 0.1) is 17.6 Å². The van der Waals surface area contributed by atoms with E-state index < -0.39 is 59.0 Å². The summed E-state index contributed by atoms with van der Waals surface area (Å²) in [6, 6.07) is 3.03. The van der Waals surface area contributed by atoms with E-state index in [1.807, 2.05) is 0 Å². The zero-order valence-corrected chi connectivity index (χ0v) is 18.5. The smallest absolute Gasteiger partial charge is 0.417 e. The van der Waals surface area contributed by atoms with Crippen molar-refractivity contribution in [1.29, 1.82) is 0 Å². The molecular formula is C22H21F5N2O5. The number of benzene rings is 1. The summed E-state index contributed by atoms with van der Waals surface area (Å²) in [5.41, 5.74) is -3.21. The normalized spacial score (nSPS) is 24.6. The van der Waals surface area contributed by atoms with E-state index in [2.05, 4.69) is 15.0 Å². The summed E-state index contributed by atoms with van der Waals surface area (Å²) in [5, 5.41) is 2.36. The lowest BCUT2D eigenvalue weighted by atomic mass is 9.77. The molecule has 184 valence electrons. The Hall–Kier alpha value is -3.28. The molecular weight excluding hydrogens is 467 g/mol. The number of carbonyl (C=O) groups is 2. The van der Waals surface area contributed by atoms with Gasteiger partial charge in [-0.05, 0) is 19.1 Å². The quantitative estimate of drug-likeness (QED) is 0.501. The van der Waals surface area contributed by atoms with Crippen molar-refractivity contribution in [3.63, 3.8) is 0 Å². The minimum absolute atomic E-state index is 0.0836. The minimum atomic E-state index is -4.90. The van der Waals surface area contributed by atoms with Crippen LogP contribution in [0.2, 0.25) is 0 Å². The first kappa shape index (κ1) is 25.3. The lowest BCUT2D eigenvalue weighted by Crippen LogP contribution is -2.47. The number of rotatable bonds is 5. The van der Waals surface area contributed by atoms with E-state index in [0.717, 1.165) is 39.5 Å². The Balaban J connectivity index is 2.10. The minimum Gasteiger partial charge on any atom is -0.493 e. The van der Waals surface area contributed by atoms with Crippen molar-refractivity contribution in [2.45, 2.75) is 37.6 Å². The molecule has 1 aromatic heterocycles. The zero-order chi connectivity index (χ0) is 25.4. The summed E-state index contributed by atoms with van der Waals surface area (Å²) in [7, 11) is 2.13. The fourth-order valence-electron chi connectivity index (χ4n) is 4.02. The van der Waals surface area contributed by atoms with E-state index in [-0.39, 0.29) is 16.8 Å². The van der Waals surface area contributed by atoms with Gasteiger partial charge < -0.3 is 19.5 Å². The number of esters is 1. The molecule has 1 saturated heterocycles. The largest absolute Gasteiger partial charge is 0.493 e. The summed E-state index contributed by atoms with van der Waals surface area (Å²) in [6.45, 7) is 1.97. The molecule has 34 heavy (non-hydrogen) atoms. The fourth-order valence-corrected chi connectivity index (χ4v) is 4.02. The number of hydrogen-bond donors (Lipinski definition) is 1. The van der Waals surface area contributed by atoms with Gasteiger partial charge >= 0.3 is 12.1 Å². The van der Waals surface area contributed by atoms with Gasteiger partial charge in [0, 0.05) is 29.8 Å². The first-order chi connectivity index (χ1) is 15.9. The maximum Gasteiger partial charge on any atom is 0.417 e. The van der Waals surface area contributed by atoms with Gasteiger partial charge in [0.1, 0.15) is 11.7 Å². The summed E-state index contributed by atoms with van der Waals surface area (Å²) in [4.78, 5) is 28.9. The van der Waals surface area contributed by atoms with Crippen LogP contribution in [-0.4, -0.2) is 49.0 Å². The van der Waals surface area contributed by atoms with Gasteiger partial charge in [0.25, 0.3) is 5.91 Å². The molecule has 0 unspecified atom stereocenters. The van der Waals surface area contributed by atoms with Crippen LogP contribution in [-0.2, 0) is 14.3 Å². The molecule has 7 nitrogen and oxygen atoms in total. The molecule has 1 aliphatic rings. The third kappa shape index (κ3) is 4.17. The number of nitrogens with one attached hydrogen (secondary N) is 1. The van der Waals surface area contributed by atoms with Gasteiger partial charge in [-0.3, -0.25) is 9.78 Å². The van der Waals surface area contributed by atoms with Crippen LogP contribution in [0.15, 0.2) is 30.6 Å². The van der Waals surface area contributed by atoms with Crippen LogP contribution < -0.4 is 10.1 Å². The number of nitrogens with zero attached hydrogens (tertiary/aromatic N) is 1. The number of halogens is 5. The van der Waals surface area contributed by atoms with Crippen molar-refractivity contribution >= 4 is 17.6 Å². The predicted molar refractivity (Wildman–Crippen MR) is 108 cm³/mol. The number of hydrogen-bond acceptors (Lipinski definition) is 6. The van der Waals surface area contributed by atoms with Gasteiger partial charge in [-0.2, -0.15) is 17.6 Å². The molecule has 2 heterocycles. The lowest BCUT2D eigenvalue weighted by molar-refractivity contribution is -0.272. The fraction of sp³-hybridized carbons (Fsp3) is 0.409. The molecule has 1 aromatic carbocycles. The molecule has 0 radical (unpaired) electrons. The second kappa shape index (κ2) is 9.16. The lowest BCUT2D eigenvalue weighted by Gasteiger charge is -2.32. The standard InChI is InChI=1S/C22H21F5N2O5/c1-10-15(11-5-6-13(23)16(24)17(11)32-3)18(34-21(10,2)22(25,26)27)19(30)29-14-7-8-28-9-12(14)20(31)33-4/h5-10,15,18H,1-4H3,(H,28,29,30)/t10-,15-,18+,21+/m0/s1. The van der Waals surface area contributed by atoms with Crippen LogP contribution in [0.5, 0.6) is 5.75 Å². The van der Waals surface area contributed by atoms with Crippen molar-refractivity contribution < 1.29 is 45.8 Å². The van der Waals surface area contributed by atoms with E-state index in [4.69, 9.17) is 9.47 Å². The van der Waals surface area contributed by atoms with Crippen LogP contribution in [0.25, 0.3) is 0 Å². The maximum absolute atomic E-state index is 14.4. The monoisotopic (exact) mass is 488 g/mol. The average Bonchev–Trinajstić information content (AvgIpc) is 3.07. The van der Waals surface area contributed by atoms with Gasteiger partial charge in [0.15, 0.2) is 17.2 Å². The van der Waals surface area contributed by atoms with Gasteiger partial charge in [-0.25, -0.2) is 9.18 Å². The predicted octanol–water partition coefficient (Wildman–Crippen LogP) is 4.23. The average molecular weight is 488 g/mol. The molecule has 0 spiro atoms. The molecule has 12 heteroatoms. The zero-order valence-electron chi connectivity index (χ0n) is 18.5. The van der Waals surface area contributed by atoms with Crippen molar-refractivity contribution in [3.8, 4) is 5.75 Å². The van der Waals surface area contributed by atoms with E-state index >= 15 is 0 Å². The number of alkyl halides is 3.